The number of aliphatic hydroxyl groups excluding tert-OH is 1. The van der Waals surface area contributed by atoms with Gasteiger partial charge in [-0.3, -0.25) is 14.5 Å². The van der Waals surface area contributed by atoms with Gasteiger partial charge in [0.05, 0.1) is 18.2 Å². The lowest BCUT2D eigenvalue weighted by molar-refractivity contribution is -0.117. The highest BCUT2D eigenvalue weighted by molar-refractivity contribution is 6.20. The Balaban J connectivity index is 1.63. The monoisotopic (exact) mass is 439 g/mol. The molecular weight excluding hydrogens is 418 g/mol. The Morgan fingerprint density at radius 3 is 2.39 bits per heavy atom. The minimum absolute atomic E-state index is 0.0212. The molecule has 0 bridgehead atoms. The molecule has 4 aromatic rings. The smallest absolute Gasteiger partial charge is 0.294 e. The van der Waals surface area contributed by atoms with E-state index in [1.807, 2.05) is 31.2 Å². The number of amides is 1. The largest absolute Gasteiger partial charge is 0.503 e. The average molecular weight is 439 g/mol. The average Bonchev–Trinajstić information content (AvgIpc) is 3.39. The van der Waals surface area contributed by atoms with Crippen LogP contribution in [-0.4, -0.2) is 23.4 Å². The number of fused-ring (bicyclic) bond motifs is 1. The molecule has 0 radical (unpaired) electrons. The van der Waals surface area contributed by atoms with Crippen LogP contribution in [0.25, 0.3) is 11.0 Å². The van der Waals surface area contributed by atoms with Gasteiger partial charge in [0.2, 0.25) is 5.78 Å². The first-order valence-corrected chi connectivity index (χ1v) is 10.7. The molecule has 6 heteroatoms. The molecular formula is C27H21NO5. The Hall–Kier alpha value is -4.32. The molecule has 1 amide bonds. The molecule has 0 spiro atoms. The van der Waals surface area contributed by atoms with Crippen LogP contribution in [0.4, 0.5) is 5.69 Å². The number of ketones is 1. The van der Waals surface area contributed by atoms with E-state index in [1.165, 1.54) is 4.90 Å². The van der Waals surface area contributed by atoms with Crippen LogP contribution in [0.15, 0.2) is 101 Å². The zero-order valence-corrected chi connectivity index (χ0v) is 17.9. The van der Waals surface area contributed by atoms with Crippen LogP contribution in [0.5, 0.6) is 5.75 Å². The molecule has 6 nitrogen and oxygen atoms in total. The summed E-state index contributed by atoms with van der Waals surface area (Å²) in [4.78, 5) is 28.2. The second-order valence-electron chi connectivity index (χ2n) is 7.66. The molecule has 5 rings (SSSR count). The molecule has 1 N–H and O–H groups in total. The Morgan fingerprint density at radius 1 is 1.00 bits per heavy atom. The van der Waals surface area contributed by atoms with Gasteiger partial charge >= 0.3 is 0 Å². The van der Waals surface area contributed by atoms with Crippen molar-refractivity contribution in [1.82, 2.24) is 0 Å². The van der Waals surface area contributed by atoms with Crippen LogP contribution < -0.4 is 9.64 Å². The number of furan rings is 1. The van der Waals surface area contributed by atoms with Crippen LogP contribution in [0.1, 0.15) is 29.1 Å². The fourth-order valence-corrected chi connectivity index (χ4v) is 4.15. The SMILES string of the molecule is CCOc1ccc(C2C(C(=O)c3cc4ccccc4o3)=C(O)C(=O)N2c2ccccc2)cc1. The summed E-state index contributed by atoms with van der Waals surface area (Å²) in [5.41, 5.74) is 1.77. The van der Waals surface area contributed by atoms with Crippen LogP contribution >= 0.6 is 0 Å². The molecule has 1 aromatic heterocycles. The number of ether oxygens (including phenoxy) is 1. The molecule has 33 heavy (non-hydrogen) atoms. The Kier molecular flexibility index (Phi) is 5.18. The fourth-order valence-electron chi connectivity index (χ4n) is 4.15. The number of nitrogens with zero attached hydrogens (tertiary/aromatic N) is 1. The van der Waals surface area contributed by atoms with Crippen molar-refractivity contribution < 1.29 is 23.8 Å². The van der Waals surface area contributed by atoms with E-state index in [1.54, 1.807) is 60.7 Å². The highest BCUT2D eigenvalue weighted by Gasteiger charge is 2.45. The number of rotatable bonds is 6. The summed E-state index contributed by atoms with van der Waals surface area (Å²) in [6.07, 6.45) is 0. The third-order valence-corrected chi connectivity index (χ3v) is 5.64. The third-order valence-electron chi connectivity index (χ3n) is 5.64. The van der Waals surface area contributed by atoms with Gasteiger partial charge in [0.1, 0.15) is 11.3 Å². The first-order chi connectivity index (χ1) is 16.1. The van der Waals surface area contributed by atoms with Crippen molar-refractivity contribution in [1.29, 1.82) is 0 Å². The van der Waals surface area contributed by atoms with Gasteiger partial charge in [-0.25, -0.2) is 0 Å². The number of anilines is 1. The van der Waals surface area contributed by atoms with Gasteiger partial charge in [0, 0.05) is 11.1 Å². The summed E-state index contributed by atoms with van der Waals surface area (Å²) in [7, 11) is 0. The van der Waals surface area contributed by atoms with E-state index < -0.39 is 23.5 Å². The highest BCUT2D eigenvalue weighted by Crippen LogP contribution is 2.42. The lowest BCUT2D eigenvalue weighted by Crippen LogP contribution is -2.31. The van der Waals surface area contributed by atoms with Crippen LogP contribution in [0.2, 0.25) is 0 Å². The molecule has 1 unspecified atom stereocenters. The summed E-state index contributed by atoms with van der Waals surface area (Å²) in [6, 6.07) is 24.2. The number of carbonyl (C=O) groups is 2. The second kappa shape index (κ2) is 8.31. The molecule has 2 heterocycles. The summed E-state index contributed by atoms with van der Waals surface area (Å²) in [5, 5.41) is 11.6. The van der Waals surface area contributed by atoms with Gasteiger partial charge < -0.3 is 14.3 Å². The van der Waals surface area contributed by atoms with Crippen molar-refractivity contribution in [3.8, 4) is 5.75 Å². The molecule has 1 aliphatic rings. The molecule has 164 valence electrons. The number of carbonyl (C=O) groups excluding carboxylic acids is 2. The molecule has 0 aliphatic carbocycles. The van der Waals surface area contributed by atoms with Crippen molar-refractivity contribution in [2.45, 2.75) is 13.0 Å². The lowest BCUT2D eigenvalue weighted by Gasteiger charge is -2.26. The van der Waals surface area contributed by atoms with E-state index in [0.717, 1.165) is 5.39 Å². The van der Waals surface area contributed by atoms with Crippen LogP contribution in [0.3, 0.4) is 0 Å². The van der Waals surface area contributed by atoms with E-state index in [-0.39, 0.29) is 11.3 Å². The number of hydrogen-bond donors (Lipinski definition) is 1. The maximum absolute atomic E-state index is 13.6. The van der Waals surface area contributed by atoms with Crippen molar-refractivity contribution in [2.24, 2.45) is 0 Å². The number of aliphatic hydroxyl groups is 1. The van der Waals surface area contributed by atoms with E-state index >= 15 is 0 Å². The fraction of sp³-hybridized carbons (Fsp3) is 0.111. The molecule has 1 aliphatic heterocycles. The molecule has 1 atom stereocenters. The summed E-state index contributed by atoms with van der Waals surface area (Å²) in [6.45, 7) is 2.42. The predicted octanol–water partition coefficient (Wildman–Crippen LogP) is 5.61. The normalized spacial score (nSPS) is 16.0. The summed E-state index contributed by atoms with van der Waals surface area (Å²) < 4.78 is 11.3. The summed E-state index contributed by atoms with van der Waals surface area (Å²) >= 11 is 0. The van der Waals surface area contributed by atoms with Crippen molar-refractivity contribution >= 4 is 28.3 Å². The summed E-state index contributed by atoms with van der Waals surface area (Å²) in [5.74, 6) is -1.01. The third kappa shape index (κ3) is 3.55. The second-order valence-corrected chi connectivity index (χ2v) is 7.66. The van der Waals surface area contributed by atoms with Gasteiger partial charge in [0.25, 0.3) is 5.91 Å². The highest BCUT2D eigenvalue weighted by atomic mass is 16.5. The maximum atomic E-state index is 13.6. The Bertz CT molecular complexity index is 1340. The molecule has 0 saturated heterocycles. The minimum Gasteiger partial charge on any atom is -0.503 e. The first-order valence-electron chi connectivity index (χ1n) is 10.7. The predicted molar refractivity (Wildman–Crippen MR) is 124 cm³/mol. The first kappa shape index (κ1) is 20.6. The number of benzene rings is 3. The van der Waals surface area contributed by atoms with Crippen molar-refractivity contribution in [2.75, 3.05) is 11.5 Å². The van der Waals surface area contributed by atoms with E-state index in [2.05, 4.69) is 0 Å². The zero-order chi connectivity index (χ0) is 22.9. The van der Waals surface area contributed by atoms with E-state index in [0.29, 0.717) is 29.2 Å². The van der Waals surface area contributed by atoms with Gasteiger partial charge in [-0.15, -0.1) is 0 Å². The Labute approximate surface area is 190 Å². The van der Waals surface area contributed by atoms with Gasteiger partial charge in [-0.05, 0) is 48.9 Å². The number of hydrogen-bond acceptors (Lipinski definition) is 5. The standard InChI is InChI=1S/C27H21NO5/c1-2-32-20-14-12-17(13-15-20)24-23(25(29)22-16-18-8-6-7-11-21(18)33-22)26(30)27(31)28(24)19-9-4-3-5-10-19/h3-16,24,30H,2H2,1H3. The topological polar surface area (TPSA) is 80.0 Å². The van der Waals surface area contributed by atoms with Crippen molar-refractivity contribution in [3.05, 3.63) is 108 Å². The van der Waals surface area contributed by atoms with Gasteiger partial charge in [0.15, 0.2) is 11.5 Å². The van der Waals surface area contributed by atoms with Gasteiger partial charge in [-0.1, -0.05) is 48.5 Å². The number of para-hydroxylation sites is 2. The van der Waals surface area contributed by atoms with Gasteiger partial charge in [-0.2, -0.15) is 0 Å². The number of Topliss-reactive ketones (excluding diaryl/α,β-unsaturated/α-hetero) is 1. The van der Waals surface area contributed by atoms with E-state index in [4.69, 9.17) is 9.15 Å². The van der Waals surface area contributed by atoms with Crippen LogP contribution in [0, 0.1) is 0 Å². The zero-order valence-electron chi connectivity index (χ0n) is 17.9. The van der Waals surface area contributed by atoms with Crippen molar-refractivity contribution in [3.63, 3.8) is 0 Å². The molecule has 0 saturated carbocycles. The van der Waals surface area contributed by atoms with Crippen LogP contribution in [-0.2, 0) is 4.79 Å². The molecule has 3 aromatic carbocycles. The molecule has 0 fully saturated rings. The minimum atomic E-state index is -0.823. The maximum Gasteiger partial charge on any atom is 0.294 e. The quantitative estimate of drug-likeness (QED) is 0.395. The lowest BCUT2D eigenvalue weighted by atomic mass is 9.94. The van der Waals surface area contributed by atoms with E-state index in [9.17, 15) is 14.7 Å². The Morgan fingerprint density at radius 2 is 1.70 bits per heavy atom.